The van der Waals surface area contributed by atoms with Crippen LogP contribution in [-0.2, 0) is 53.2 Å². The van der Waals surface area contributed by atoms with Crippen LogP contribution in [-0.4, -0.2) is 74.1 Å². The number of aliphatic carboxylic acids is 1. The molecule has 0 aliphatic heterocycles. The van der Waals surface area contributed by atoms with Gasteiger partial charge in [0.1, 0.15) is 12.6 Å². The molecule has 1 heterocycles. The van der Waals surface area contributed by atoms with Gasteiger partial charge in [0.15, 0.2) is 0 Å². The Morgan fingerprint density at radius 2 is 1.42 bits per heavy atom. The monoisotopic (exact) mass is 869 g/mol. The SMILES string of the molecule is CC(C)C(CP(=O)([O-])C(Cc1ccccc1)NC(=O)[C@H](CCCCNC(=O)OCc1ccccc1)NS(C)(=O)=O)C(=O)N[C@@H](Cc1c[nH]c2ccccc12)C(=O)[O-].[Na+].[Na+]. The van der Waals surface area contributed by atoms with E-state index in [0.717, 1.165) is 22.7 Å². The average Bonchev–Trinajstić information content (AvgIpc) is 3.57. The Balaban J connectivity index is 0.00000600. The molecule has 0 saturated carbocycles. The predicted octanol–water partition coefficient (Wildman–Crippen LogP) is -3.44. The van der Waals surface area contributed by atoms with Crippen molar-refractivity contribution < 1.29 is 106 Å². The number of H-pyrrole nitrogens is 1. The van der Waals surface area contributed by atoms with Crippen molar-refractivity contribution in [3.8, 4) is 0 Å². The molecule has 3 unspecified atom stereocenters. The zero-order valence-electron chi connectivity index (χ0n) is 34.1. The Kier molecular flexibility index (Phi) is 22.1. The van der Waals surface area contributed by atoms with Crippen LogP contribution in [0.5, 0.6) is 0 Å². The van der Waals surface area contributed by atoms with Crippen LogP contribution in [0.25, 0.3) is 10.9 Å². The number of fused-ring (bicyclic) bond motifs is 1. The number of carboxylic acids is 1. The fraction of sp³-hybridized carbons (Fsp3) is 0.400. The number of carboxylic acid groups (broad SMARTS) is 1. The molecule has 5 N–H and O–H groups in total. The molecule has 4 rings (SSSR count). The van der Waals surface area contributed by atoms with E-state index in [1.807, 2.05) is 42.5 Å². The summed E-state index contributed by atoms with van der Waals surface area (Å²) in [5, 5.41) is 20.6. The van der Waals surface area contributed by atoms with Crippen LogP contribution in [0.3, 0.4) is 0 Å². The number of ether oxygens (including phenoxy) is 1. The number of unbranched alkanes of at least 4 members (excludes halogenated alkanes) is 1. The minimum absolute atomic E-state index is 0. The summed E-state index contributed by atoms with van der Waals surface area (Å²) in [6.45, 7) is 3.52. The molecule has 0 spiro atoms. The maximum absolute atomic E-state index is 14.2. The largest absolute Gasteiger partial charge is 1.00 e. The van der Waals surface area contributed by atoms with Crippen molar-refractivity contribution in [2.75, 3.05) is 19.0 Å². The third-order valence-electron chi connectivity index (χ3n) is 9.42. The fourth-order valence-electron chi connectivity index (χ4n) is 6.32. The molecule has 0 bridgehead atoms. The van der Waals surface area contributed by atoms with E-state index >= 15 is 0 Å². The molecule has 308 valence electrons. The topological polar surface area (TPSA) is 239 Å². The third kappa shape index (κ3) is 17.5. The van der Waals surface area contributed by atoms with Gasteiger partial charge in [0.05, 0.1) is 24.0 Å². The van der Waals surface area contributed by atoms with E-state index in [1.54, 1.807) is 62.5 Å². The van der Waals surface area contributed by atoms with Gasteiger partial charge in [-0.3, -0.25) is 9.59 Å². The van der Waals surface area contributed by atoms with E-state index in [0.29, 0.717) is 17.5 Å². The number of nitrogens with one attached hydrogen (secondary N) is 5. The number of benzene rings is 3. The molecular weight excluding hydrogens is 819 g/mol. The first kappa shape index (κ1) is 52.1. The van der Waals surface area contributed by atoms with Gasteiger partial charge in [-0.1, -0.05) is 92.7 Å². The molecule has 3 aromatic carbocycles. The molecule has 15 nitrogen and oxygen atoms in total. The van der Waals surface area contributed by atoms with Crippen molar-refractivity contribution in [1.82, 2.24) is 25.7 Å². The molecule has 0 aliphatic rings. The maximum atomic E-state index is 14.2. The predicted molar refractivity (Wildman–Crippen MR) is 212 cm³/mol. The Hall–Kier alpha value is -3.02. The molecule has 0 saturated heterocycles. The minimum Gasteiger partial charge on any atom is -0.798 e. The second-order valence-corrected chi connectivity index (χ2v) is 18.6. The molecule has 19 heteroatoms. The van der Waals surface area contributed by atoms with E-state index in [1.165, 1.54) is 0 Å². The average molecular weight is 870 g/mol. The first-order valence-electron chi connectivity index (χ1n) is 18.6. The van der Waals surface area contributed by atoms with Crippen molar-refractivity contribution in [2.24, 2.45) is 11.8 Å². The summed E-state index contributed by atoms with van der Waals surface area (Å²) in [6, 6.07) is 22.0. The van der Waals surface area contributed by atoms with Crippen molar-refractivity contribution >= 4 is 52.2 Å². The molecule has 5 atom stereocenters. The number of carbonyl (C=O) groups excluding carboxylic acids is 4. The number of aromatic nitrogens is 1. The smallest absolute Gasteiger partial charge is 0.798 e. The van der Waals surface area contributed by atoms with Crippen molar-refractivity contribution in [3.05, 3.63) is 108 Å². The molecule has 0 aliphatic carbocycles. The van der Waals surface area contributed by atoms with Gasteiger partial charge in [-0.05, 0) is 54.4 Å². The quantitative estimate of drug-likeness (QED) is 0.0298. The number of rotatable bonds is 22. The standard InChI is InChI=1S/C40H52N5O10PS.2Na/c1-27(2)32(37(46)43-35(39(48)49)23-30-24-42-33-19-11-10-18-31(30)33)26-56(51,52)36(22-28-14-6-4-7-15-28)44-38(47)34(45-57(3,53)54)20-12-13-21-41-40(50)55-25-29-16-8-5-9-17-29;;/h4-11,14-19,24,27,32,34-36,42,45H,12-13,20-23,25-26H2,1-3H3,(H,41,50)(H,43,46)(H,44,47)(H,48,49)(H,51,52);;/q;2*+1/p-2/t32?,34-,35-,36?;;/m0../s1. The number of carbonyl (C=O) groups is 4. The summed E-state index contributed by atoms with van der Waals surface area (Å²) < 4.78 is 46.3. The molecule has 3 amide bonds. The number of hydrogen-bond acceptors (Lipinski definition) is 10. The van der Waals surface area contributed by atoms with Crippen LogP contribution in [0.15, 0.2) is 91.1 Å². The van der Waals surface area contributed by atoms with Gasteiger partial charge in [0.25, 0.3) is 0 Å². The number of alkyl carbamates (subject to hydrolysis) is 1. The number of amides is 3. The molecule has 0 radical (unpaired) electrons. The zero-order chi connectivity index (χ0) is 41.6. The van der Waals surface area contributed by atoms with Crippen LogP contribution in [0, 0.1) is 11.8 Å². The fourth-order valence-corrected chi connectivity index (χ4v) is 9.27. The molecule has 0 fully saturated rings. The summed E-state index contributed by atoms with van der Waals surface area (Å²) in [5.41, 5.74) is 2.76. The Bertz CT molecular complexity index is 2130. The normalized spacial score (nSPS) is 14.3. The summed E-state index contributed by atoms with van der Waals surface area (Å²) in [6.07, 6.45) is 1.43. The number of hydrogen-bond donors (Lipinski definition) is 5. The van der Waals surface area contributed by atoms with Gasteiger partial charge in [-0.2, -0.15) is 0 Å². The Morgan fingerprint density at radius 1 is 0.814 bits per heavy atom. The number of aromatic amines is 1. The number of sulfonamides is 1. The second-order valence-electron chi connectivity index (χ2n) is 14.3. The van der Waals surface area contributed by atoms with E-state index in [-0.39, 0.29) is 97.9 Å². The van der Waals surface area contributed by atoms with Crippen LogP contribution in [0.4, 0.5) is 4.79 Å². The summed E-state index contributed by atoms with van der Waals surface area (Å²) in [5.74, 6) is -6.60. The van der Waals surface area contributed by atoms with Gasteiger partial charge in [-0.25, -0.2) is 17.9 Å². The van der Waals surface area contributed by atoms with Crippen molar-refractivity contribution in [2.45, 2.75) is 70.4 Å². The van der Waals surface area contributed by atoms with Gasteiger partial charge >= 0.3 is 65.2 Å². The van der Waals surface area contributed by atoms with Crippen molar-refractivity contribution in [1.29, 1.82) is 0 Å². The van der Waals surface area contributed by atoms with Gasteiger partial charge < -0.3 is 45.0 Å². The molecule has 1 aromatic heterocycles. The first-order chi connectivity index (χ1) is 27.0. The van der Waals surface area contributed by atoms with E-state index in [2.05, 4.69) is 25.7 Å². The summed E-state index contributed by atoms with van der Waals surface area (Å²) >= 11 is 0. The van der Waals surface area contributed by atoms with Gasteiger partial charge in [0.2, 0.25) is 21.8 Å². The maximum Gasteiger partial charge on any atom is 1.00 e. The zero-order valence-corrected chi connectivity index (χ0v) is 39.9. The molecule has 59 heavy (non-hydrogen) atoms. The molecular formula is C40H50N5Na2O10PS. The van der Waals surface area contributed by atoms with Crippen molar-refractivity contribution in [3.63, 3.8) is 0 Å². The minimum atomic E-state index is -4.76. The third-order valence-corrected chi connectivity index (χ3v) is 12.3. The molecule has 4 aromatic rings. The summed E-state index contributed by atoms with van der Waals surface area (Å²) in [4.78, 5) is 69.1. The van der Waals surface area contributed by atoms with Gasteiger partial charge in [0, 0.05) is 49.5 Å². The summed E-state index contributed by atoms with van der Waals surface area (Å²) in [7, 11) is -8.69. The van der Waals surface area contributed by atoms with Crippen LogP contribution in [0.1, 0.15) is 49.8 Å². The second kappa shape index (κ2) is 25.0. The Morgan fingerprint density at radius 3 is 2.03 bits per heavy atom. The van der Waals surface area contributed by atoms with Crippen LogP contribution >= 0.6 is 7.37 Å². The van der Waals surface area contributed by atoms with E-state index in [4.69, 9.17) is 4.74 Å². The first-order valence-corrected chi connectivity index (χ1v) is 22.4. The Labute approximate surface area is 389 Å². The van der Waals surface area contributed by atoms with Gasteiger partial charge in [-0.15, -0.1) is 0 Å². The number of para-hydroxylation sites is 1. The van der Waals surface area contributed by atoms with E-state index in [9.17, 15) is 42.2 Å². The van der Waals surface area contributed by atoms with Crippen LogP contribution < -0.4 is 89.8 Å². The van der Waals surface area contributed by atoms with E-state index < -0.39 is 77.1 Å². The van der Waals surface area contributed by atoms with Crippen LogP contribution in [0.2, 0.25) is 0 Å².